The largest absolute Gasteiger partial charge is 0.461 e. The lowest BCUT2D eigenvalue weighted by Crippen LogP contribution is -2.56. The number of thiazole rings is 1. The van der Waals surface area contributed by atoms with Crippen LogP contribution in [0.5, 0.6) is 0 Å². The normalized spacial score (nSPS) is 18.6. The van der Waals surface area contributed by atoms with E-state index in [0.29, 0.717) is 31.4 Å². The van der Waals surface area contributed by atoms with Crippen molar-refractivity contribution < 1.29 is 19.1 Å². The molecule has 1 unspecified atom stereocenters. The van der Waals surface area contributed by atoms with Gasteiger partial charge in [-0.25, -0.2) is 9.78 Å². The maximum atomic E-state index is 14.5. The van der Waals surface area contributed by atoms with Gasteiger partial charge in [0.1, 0.15) is 11.1 Å². The quantitative estimate of drug-likeness (QED) is 0.134. The van der Waals surface area contributed by atoms with E-state index in [1.807, 2.05) is 6.92 Å². The molecule has 236 valence electrons. The van der Waals surface area contributed by atoms with Crippen molar-refractivity contribution in [2.24, 2.45) is 11.8 Å². The van der Waals surface area contributed by atoms with Crippen LogP contribution in [0.1, 0.15) is 128 Å². The summed E-state index contributed by atoms with van der Waals surface area (Å²) >= 11 is 1.43. The molecular weight excluding hydrogens is 536 g/mol. The van der Waals surface area contributed by atoms with E-state index in [1.165, 1.54) is 30.6 Å². The van der Waals surface area contributed by atoms with Crippen molar-refractivity contribution in [1.82, 2.24) is 20.5 Å². The van der Waals surface area contributed by atoms with Crippen LogP contribution in [0.3, 0.4) is 0 Å². The molecule has 0 saturated carbocycles. The molecule has 0 radical (unpaired) electrons. The Kier molecular flexibility index (Phi) is 17.0. The fourth-order valence-corrected chi connectivity index (χ4v) is 6.46. The monoisotopic (exact) mass is 594 g/mol. The van der Waals surface area contributed by atoms with Crippen LogP contribution < -0.4 is 10.6 Å². The lowest BCUT2D eigenvalue weighted by atomic mass is 9.92. The first-order valence-electron chi connectivity index (χ1n) is 16.3. The molecule has 0 spiro atoms. The highest BCUT2D eigenvalue weighted by Crippen LogP contribution is 2.31. The molecule has 2 heterocycles. The summed E-state index contributed by atoms with van der Waals surface area (Å²) in [5.41, 5.74) is 0.322. The summed E-state index contributed by atoms with van der Waals surface area (Å²) in [6.07, 6.45) is 9.34. The van der Waals surface area contributed by atoms with Crippen LogP contribution in [0.2, 0.25) is 0 Å². The predicted octanol–water partition coefficient (Wildman–Crippen LogP) is 6.37. The molecule has 1 aromatic heterocycles. The molecule has 5 atom stereocenters. The molecule has 1 fully saturated rings. The number of amides is 1. The summed E-state index contributed by atoms with van der Waals surface area (Å²) in [5.74, 6) is 0.251. The molecule has 2 rings (SSSR count). The van der Waals surface area contributed by atoms with E-state index in [9.17, 15) is 9.59 Å². The zero-order chi connectivity index (χ0) is 30.2. The number of hydrogen-bond acceptors (Lipinski definition) is 8. The van der Waals surface area contributed by atoms with E-state index < -0.39 is 5.97 Å². The summed E-state index contributed by atoms with van der Waals surface area (Å²) in [7, 11) is 0. The molecular formula is C32H58N4O4S. The van der Waals surface area contributed by atoms with Gasteiger partial charge in [-0.05, 0) is 51.5 Å². The van der Waals surface area contributed by atoms with E-state index in [2.05, 4.69) is 55.1 Å². The van der Waals surface area contributed by atoms with E-state index in [1.54, 1.807) is 12.3 Å². The van der Waals surface area contributed by atoms with E-state index in [4.69, 9.17) is 9.47 Å². The third-order valence-corrected chi connectivity index (χ3v) is 9.22. The van der Waals surface area contributed by atoms with Crippen molar-refractivity contribution in [2.75, 3.05) is 32.8 Å². The van der Waals surface area contributed by atoms with Gasteiger partial charge in [-0.2, -0.15) is 0 Å². The Morgan fingerprint density at radius 2 is 1.90 bits per heavy atom. The fraction of sp³-hybridized carbons (Fsp3) is 0.844. The van der Waals surface area contributed by atoms with Crippen LogP contribution in [0.15, 0.2) is 5.38 Å². The van der Waals surface area contributed by atoms with Gasteiger partial charge in [0.05, 0.1) is 12.6 Å². The van der Waals surface area contributed by atoms with Crippen molar-refractivity contribution in [3.05, 3.63) is 16.1 Å². The molecule has 0 bridgehead atoms. The number of rotatable bonds is 20. The average Bonchev–Trinajstić information content (AvgIpc) is 3.46. The van der Waals surface area contributed by atoms with Crippen LogP contribution in [-0.2, 0) is 14.3 Å². The van der Waals surface area contributed by atoms with Crippen molar-refractivity contribution >= 4 is 23.2 Å². The Morgan fingerprint density at radius 3 is 2.51 bits per heavy atom. The number of aromatic nitrogens is 1. The lowest BCUT2D eigenvalue weighted by molar-refractivity contribution is -0.139. The van der Waals surface area contributed by atoms with Gasteiger partial charge in [0, 0.05) is 43.6 Å². The van der Waals surface area contributed by atoms with Crippen LogP contribution >= 0.6 is 11.3 Å². The Bertz CT molecular complexity index is 874. The van der Waals surface area contributed by atoms with Crippen LogP contribution in [-0.4, -0.2) is 72.7 Å². The number of carbonyl (C=O) groups is 2. The number of carbonyl (C=O) groups excluding carboxylic acids is 2. The molecule has 1 amide bonds. The second-order valence-electron chi connectivity index (χ2n) is 11.8. The first kappa shape index (κ1) is 35.6. The molecule has 1 aliphatic heterocycles. The minimum atomic E-state index is -0.409. The second-order valence-corrected chi connectivity index (χ2v) is 12.7. The molecule has 2 N–H and O–H groups in total. The Morgan fingerprint density at radius 1 is 1.12 bits per heavy atom. The first-order valence-corrected chi connectivity index (χ1v) is 17.2. The highest BCUT2D eigenvalue weighted by atomic mass is 32.1. The standard InChI is InChI=1S/C32H58N4O4S/c1-8-12-13-16-19-36(31(37)29(24(7)9-2)34-21-25-17-14-15-18-33-25)27(23(5)6)20-28(39-10-3)30-35-26(22-41-30)32(38)40-11-4/h22-25,27-29,33-34H,8-21H2,1-7H3/t24-,25?,27+,28+,29-/m0/s1. The van der Waals surface area contributed by atoms with Crippen molar-refractivity contribution in [3.63, 3.8) is 0 Å². The van der Waals surface area contributed by atoms with Crippen molar-refractivity contribution in [3.8, 4) is 0 Å². The van der Waals surface area contributed by atoms with Gasteiger partial charge in [0.15, 0.2) is 5.69 Å². The van der Waals surface area contributed by atoms with Crippen LogP contribution in [0.4, 0.5) is 0 Å². The maximum Gasteiger partial charge on any atom is 0.357 e. The van der Waals surface area contributed by atoms with Gasteiger partial charge in [-0.3, -0.25) is 4.79 Å². The number of piperidine rings is 1. The summed E-state index contributed by atoms with van der Waals surface area (Å²) in [6.45, 7) is 18.2. The van der Waals surface area contributed by atoms with Crippen LogP contribution in [0.25, 0.3) is 0 Å². The smallest absolute Gasteiger partial charge is 0.357 e. The van der Waals surface area contributed by atoms with Crippen molar-refractivity contribution in [2.45, 2.75) is 130 Å². The molecule has 1 aromatic rings. The highest BCUT2D eigenvalue weighted by Gasteiger charge is 2.36. The van der Waals surface area contributed by atoms with Gasteiger partial charge in [-0.1, -0.05) is 66.7 Å². The van der Waals surface area contributed by atoms with Gasteiger partial charge >= 0.3 is 5.97 Å². The first-order chi connectivity index (χ1) is 19.8. The Hall–Kier alpha value is -1.55. The van der Waals surface area contributed by atoms with Crippen molar-refractivity contribution in [1.29, 1.82) is 0 Å². The third kappa shape index (κ3) is 11.6. The molecule has 1 saturated heterocycles. The van der Waals surface area contributed by atoms with E-state index in [-0.39, 0.29) is 35.9 Å². The molecule has 0 aliphatic carbocycles. The molecule has 41 heavy (non-hydrogen) atoms. The van der Waals surface area contributed by atoms with Gasteiger partial charge in [0.25, 0.3) is 0 Å². The molecule has 1 aliphatic rings. The van der Waals surface area contributed by atoms with E-state index >= 15 is 0 Å². The minimum absolute atomic E-state index is 0.0169. The third-order valence-electron chi connectivity index (χ3n) is 8.29. The fourth-order valence-electron chi connectivity index (χ4n) is 5.62. The van der Waals surface area contributed by atoms with Crippen LogP contribution in [0, 0.1) is 11.8 Å². The number of esters is 1. The Balaban J connectivity index is 2.33. The number of nitrogens with zero attached hydrogens (tertiary/aromatic N) is 2. The number of nitrogens with one attached hydrogen (secondary N) is 2. The number of hydrogen-bond donors (Lipinski definition) is 2. The molecule has 9 heteroatoms. The zero-order valence-electron chi connectivity index (χ0n) is 26.9. The van der Waals surface area contributed by atoms with E-state index in [0.717, 1.165) is 56.7 Å². The number of unbranched alkanes of at least 4 members (excludes halogenated alkanes) is 3. The highest BCUT2D eigenvalue weighted by molar-refractivity contribution is 7.09. The second kappa shape index (κ2) is 19.6. The number of ether oxygens (including phenoxy) is 2. The van der Waals surface area contributed by atoms with Gasteiger partial charge in [0.2, 0.25) is 5.91 Å². The Labute approximate surface area is 253 Å². The summed E-state index contributed by atoms with van der Waals surface area (Å²) < 4.78 is 11.4. The average molecular weight is 595 g/mol. The summed E-state index contributed by atoms with van der Waals surface area (Å²) in [5, 5.41) is 9.84. The molecule has 0 aromatic carbocycles. The van der Waals surface area contributed by atoms with Gasteiger partial charge in [-0.15, -0.1) is 11.3 Å². The molecule has 8 nitrogen and oxygen atoms in total. The maximum absolute atomic E-state index is 14.5. The summed E-state index contributed by atoms with van der Waals surface area (Å²) in [4.78, 5) is 33.6. The zero-order valence-corrected chi connectivity index (χ0v) is 27.7. The predicted molar refractivity (Wildman–Crippen MR) is 168 cm³/mol. The van der Waals surface area contributed by atoms with Gasteiger partial charge < -0.3 is 25.0 Å². The minimum Gasteiger partial charge on any atom is -0.461 e. The lowest BCUT2D eigenvalue weighted by Gasteiger charge is -2.40. The summed E-state index contributed by atoms with van der Waals surface area (Å²) in [6, 6.07) is 0.177. The topological polar surface area (TPSA) is 92.8 Å². The SMILES string of the molecule is CCCCCCN(C(=O)[C@@H](NCC1CCCCN1)[C@@H](C)CC)[C@H](C[C@@H](OCC)c1nc(C(=O)OCC)cs1)C(C)C.